The maximum atomic E-state index is 12.4. The van der Waals surface area contributed by atoms with Crippen LogP contribution in [0.2, 0.25) is 19.6 Å². The van der Waals surface area contributed by atoms with Gasteiger partial charge in [0.1, 0.15) is 0 Å². The molecule has 0 saturated heterocycles. The normalized spacial score (nSPS) is 25.6. The SMILES string of the molecule is CCCC1=CC(=O)C(Cl)(Cl)[C@]1(O[Si](C)(C)C)C(=O)OC. The molecule has 20 heavy (non-hydrogen) atoms. The van der Waals surface area contributed by atoms with Crippen molar-refractivity contribution >= 4 is 43.3 Å². The third-order valence-corrected chi connectivity index (χ3v) is 4.78. The summed E-state index contributed by atoms with van der Waals surface area (Å²) in [6, 6.07) is 0. The van der Waals surface area contributed by atoms with E-state index in [4.69, 9.17) is 32.4 Å². The standard InChI is InChI=1S/C13H20Cl2O4Si/c1-6-7-9-8-10(16)13(14,15)12(9,11(17)18-2)19-20(3,4)5/h8H,6-7H2,1-5H3/t12-/m1/s1. The van der Waals surface area contributed by atoms with E-state index in [1.54, 1.807) is 0 Å². The van der Waals surface area contributed by atoms with Crippen LogP contribution < -0.4 is 0 Å². The Labute approximate surface area is 130 Å². The molecule has 0 aliphatic heterocycles. The van der Waals surface area contributed by atoms with Gasteiger partial charge in [-0.05, 0) is 37.7 Å². The first-order valence-electron chi connectivity index (χ1n) is 6.44. The Morgan fingerprint density at radius 3 is 2.30 bits per heavy atom. The number of carbonyl (C=O) groups is 2. The Bertz CT molecular complexity index is 454. The average Bonchev–Trinajstić information content (AvgIpc) is 2.49. The van der Waals surface area contributed by atoms with Crippen molar-refractivity contribution in [2.45, 2.75) is 49.3 Å². The third-order valence-electron chi connectivity index (χ3n) is 2.96. The van der Waals surface area contributed by atoms with Crippen molar-refractivity contribution in [1.29, 1.82) is 0 Å². The van der Waals surface area contributed by atoms with Gasteiger partial charge in [0, 0.05) is 0 Å². The summed E-state index contributed by atoms with van der Waals surface area (Å²) in [5.74, 6) is -1.26. The molecule has 0 bridgehead atoms. The molecule has 0 spiro atoms. The number of carbonyl (C=O) groups excluding carboxylic acids is 2. The van der Waals surface area contributed by atoms with E-state index in [1.165, 1.54) is 13.2 Å². The number of allylic oxidation sites excluding steroid dienone is 1. The number of ether oxygens (including phenoxy) is 1. The van der Waals surface area contributed by atoms with Crippen LogP contribution in [-0.4, -0.2) is 37.1 Å². The lowest BCUT2D eigenvalue weighted by molar-refractivity contribution is -0.158. The molecule has 0 N–H and O–H groups in total. The van der Waals surface area contributed by atoms with E-state index < -0.39 is 30.0 Å². The monoisotopic (exact) mass is 338 g/mol. The highest BCUT2D eigenvalue weighted by molar-refractivity contribution is 6.71. The number of alkyl halides is 2. The van der Waals surface area contributed by atoms with E-state index in [0.29, 0.717) is 12.0 Å². The topological polar surface area (TPSA) is 52.6 Å². The summed E-state index contributed by atoms with van der Waals surface area (Å²) in [4.78, 5) is 24.5. The van der Waals surface area contributed by atoms with Gasteiger partial charge in [0.2, 0.25) is 9.93 Å². The predicted octanol–water partition coefficient (Wildman–Crippen LogP) is 3.23. The summed E-state index contributed by atoms with van der Waals surface area (Å²) in [7, 11) is -0.996. The minimum atomic E-state index is -2.23. The van der Waals surface area contributed by atoms with Gasteiger partial charge in [0.15, 0.2) is 14.1 Å². The Morgan fingerprint density at radius 1 is 1.35 bits per heavy atom. The minimum absolute atomic E-state index is 0.490. The summed E-state index contributed by atoms with van der Waals surface area (Å²) in [5, 5.41) is 0. The van der Waals surface area contributed by atoms with E-state index in [1.807, 2.05) is 26.6 Å². The molecule has 0 saturated carbocycles. The predicted molar refractivity (Wildman–Crippen MR) is 81.6 cm³/mol. The smallest absolute Gasteiger partial charge is 0.345 e. The zero-order valence-electron chi connectivity index (χ0n) is 12.4. The van der Waals surface area contributed by atoms with Crippen LogP contribution in [0, 0.1) is 0 Å². The summed E-state index contributed by atoms with van der Waals surface area (Å²) in [6.07, 6.45) is 2.55. The molecule has 1 aliphatic rings. The molecular weight excluding hydrogens is 319 g/mol. The summed E-state index contributed by atoms with van der Waals surface area (Å²) in [6.45, 7) is 7.63. The fourth-order valence-electron chi connectivity index (χ4n) is 2.28. The molecule has 0 aromatic rings. The van der Waals surface area contributed by atoms with E-state index >= 15 is 0 Å². The molecule has 7 heteroatoms. The number of esters is 1. The second-order valence-electron chi connectivity index (χ2n) is 5.75. The van der Waals surface area contributed by atoms with Crippen molar-refractivity contribution in [2.75, 3.05) is 7.11 Å². The Kier molecular flexibility index (Phi) is 5.12. The molecule has 1 atom stereocenters. The summed E-state index contributed by atoms with van der Waals surface area (Å²) < 4.78 is 8.86. The molecule has 4 nitrogen and oxygen atoms in total. The van der Waals surface area contributed by atoms with E-state index in [0.717, 1.165) is 6.42 Å². The molecule has 0 amide bonds. The second-order valence-corrected chi connectivity index (χ2v) is 11.5. The average molecular weight is 339 g/mol. The van der Waals surface area contributed by atoms with Gasteiger partial charge in [-0.1, -0.05) is 36.5 Å². The van der Waals surface area contributed by atoms with Crippen LogP contribution in [0.15, 0.2) is 11.6 Å². The van der Waals surface area contributed by atoms with Gasteiger partial charge in [-0.25, -0.2) is 4.79 Å². The van der Waals surface area contributed by atoms with Crippen LogP contribution in [-0.2, 0) is 18.8 Å². The molecular formula is C13H20Cl2O4Si. The lowest BCUT2D eigenvalue weighted by Crippen LogP contribution is -2.60. The summed E-state index contributed by atoms with van der Waals surface area (Å²) in [5.41, 5.74) is -1.24. The molecule has 0 heterocycles. The molecule has 0 unspecified atom stereocenters. The van der Waals surface area contributed by atoms with E-state index in [2.05, 4.69) is 0 Å². The second kappa shape index (κ2) is 5.79. The fourth-order valence-corrected chi connectivity index (χ4v) is 4.28. The van der Waals surface area contributed by atoms with E-state index in [9.17, 15) is 9.59 Å². The van der Waals surface area contributed by atoms with Crippen molar-refractivity contribution in [2.24, 2.45) is 0 Å². The molecule has 0 aromatic carbocycles. The van der Waals surface area contributed by atoms with Gasteiger partial charge >= 0.3 is 5.97 Å². The fraction of sp³-hybridized carbons (Fsp3) is 0.692. The summed E-state index contributed by atoms with van der Waals surface area (Å²) >= 11 is 12.4. The van der Waals surface area contributed by atoms with Crippen LogP contribution in [0.3, 0.4) is 0 Å². The molecule has 1 aliphatic carbocycles. The van der Waals surface area contributed by atoms with Crippen LogP contribution >= 0.6 is 23.2 Å². The first kappa shape index (κ1) is 17.7. The van der Waals surface area contributed by atoms with Crippen molar-refractivity contribution in [3.63, 3.8) is 0 Å². The van der Waals surface area contributed by atoms with Crippen molar-refractivity contribution in [3.8, 4) is 0 Å². The highest BCUT2D eigenvalue weighted by Gasteiger charge is 2.67. The van der Waals surface area contributed by atoms with Crippen LogP contribution in [0.5, 0.6) is 0 Å². The number of methoxy groups -OCH3 is 1. The minimum Gasteiger partial charge on any atom is -0.467 e. The lowest BCUT2D eigenvalue weighted by atomic mass is 9.91. The number of ketones is 1. The highest BCUT2D eigenvalue weighted by atomic mass is 35.5. The van der Waals surface area contributed by atoms with Gasteiger partial charge < -0.3 is 9.16 Å². The quantitative estimate of drug-likeness (QED) is 0.438. The van der Waals surface area contributed by atoms with Crippen LogP contribution in [0.4, 0.5) is 0 Å². The zero-order chi connectivity index (χ0) is 15.8. The van der Waals surface area contributed by atoms with Crippen molar-refractivity contribution in [1.82, 2.24) is 0 Å². The van der Waals surface area contributed by atoms with Gasteiger partial charge in [-0.15, -0.1) is 0 Å². The van der Waals surface area contributed by atoms with Gasteiger partial charge in [-0.2, -0.15) is 0 Å². The maximum absolute atomic E-state index is 12.4. The Hall–Kier alpha value is -0.363. The number of hydrogen-bond donors (Lipinski definition) is 0. The molecule has 0 radical (unpaired) electrons. The zero-order valence-corrected chi connectivity index (χ0v) is 14.9. The van der Waals surface area contributed by atoms with E-state index in [-0.39, 0.29) is 0 Å². The molecule has 1 rings (SSSR count). The first-order valence-corrected chi connectivity index (χ1v) is 10.6. The van der Waals surface area contributed by atoms with Gasteiger partial charge in [0.25, 0.3) is 0 Å². The molecule has 114 valence electrons. The Morgan fingerprint density at radius 2 is 1.90 bits per heavy atom. The number of hydrogen-bond acceptors (Lipinski definition) is 4. The molecule has 0 aromatic heterocycles. The number of halogens is 2. The van der Waals surface area contributed by atoms with Crippen molar-refractivity contribution in [3.05, 3.63) is 11.6 Å². The van der Waals surface area contributed by atoms with Crippen LogP contribution in [0.1, 0.15) is 19.8 Å². The Balaban J connectivity index is 3.48. The largest absolute Gasteiger partial charge is 0.467 e. The van der Waals surface area contributed by atoms with Crippen LogP contribution in [0.25, 0.3) is 0 Å². The maximum Gasteiger partial charge on any atom is 0.345 e. The highest BCUT2D eigenvalue weighted by Crippen LogP contribution is 2.51. The number of rotatable bonds is 5. The van der Waals surface area contributed by atoms with Gasteiger partial charge in [-0.3, -0.25) is 4.79 Å². The van der Waals surface area contributed by atoms with Crippen molar-refractivity contribution < 1.29 is 18.8 Å². The first-order chi connectivity index (χ1) is 9.03. The van der Waals surface area contributed by atoms with Gasteiger partial charge in [0.05, 0.1) is 7.11 Å². The third kappa shape index (κ3) is 2.82. The lowest BCUT2D eigenvalue weighted by Gasteiger charge is -2.40. The molecule has 0 fully saturated rings.